The minimum absolute atomic E-state index is 0.176. The largest absolute Gasteiger partial charge is 0.465 e. The summed E-state index contributed by atoms with van der Waals surface area (Å²) in [6.45, 7) is 0. The van der Waals surface area contributed by atoms with Crippen LogP contribution in [0.1, 0.15) is 24.8 Å². The number of carboxylic acid groups (broad SMARTS) is 1. The molecule has 2 aromatic carbocycles. The molecule has 0 aliphatic heterocycles. The molecule has 186 valence electrons. The first-order valence-electron chi connectivity index (χ1n) is 11.5. The molecule has 1 fully saturated rings. The van der Waals surface area contributed by atoms with Gasteiger partial charge in [-0.05, 0) is 30.4 Å². The molecular weight excluding hydrogens is 480 g/mol. The molecule has 2 N–H and O–H groups in total. The first kappa shape index (κ1) is 23.8. The van der Waals surface area contributed by atoms with Gasteiger partial charge in [-0.15, -0.1) is 0 Å². The highest BCUT2D eigenvalue weighted by molar-refractivity contribution is 7.90. The Morgan fingerprint density at radius 1 is 1.03 bits per heavy atom. The van der Waals surface area contributed by atoms with Gasteiger partial charge >= 0.3 is 6.09 Å². The van der Waals surface area contributed by atoms with Crippen molar-refractivity contribution in [3.05, 3.63) is 60.2 Å². The summed E-state index contributed by atoms with van der Waals surface area (Å²) in [4.78, 5) is 21.7. The maximum atomic E-state index is 12.3. The van der Waals surface area contributed by atoms with Gasteiger partial charge in [0.05, 0.1) is 10.9 Å². The fourth-order valence-corrected chi connectivity index (χ4v) is 5.20. The van der Waals surface area contributed by atoms with E-state index in [2.05, 4.69) is 15.3 Å². The van der Waals surface area contributed by atoms with E-state index >= 15 is 0 Å². The fourth-order valence-electron chi connectivity index (χ4n) is 4.70. The Bertz CT molecular complexity index is 1560. The SMILES string of the molecule is CN(C)c1nc(S(C)(=O)=O)nc2oc(-c3ccc(C4(NC(=O)O)CCC4)cc3)c(-c3ccccc3)c12. The van der Waals surface area contributed by atoms with Gasteiger partial charge in [0.1, 0.15) is 11.6 Å². The van der Waals surface area contributed by atoms with Crippen molar-refractivity contribution in [3.8, 4) is 22.5 Å². The number of aromatic nitrogens is 2. The van der Waals surface area contributed by atoms with E-state index in [1.54, 1.807) is 19.0 Å². The molecule has 0 radical (unpaired) electrons. The van der Waals surface area contributed by atoms with Gasteiger partial charge in [0.2, 0.25) is 15.6 Å². The molecule has 1 saturated carbocycles. The van der Waals surface area contributed by atoms with Crippen LogP contribution in [-0.2, 0) is 15.4 Å². The Morgan fingerprint density at radius 2 is 1.69 bits per heavy atom. The maximum absolute atomic E-state index is 12.3. The van der Waals surface area contributed by atoms with Gasteiger partial charge in [0.15, 0.2) is 0 Å². The number of hydrogen-bond acceptors (Lipinski definition) is 7. The maximum Gasteiger partial charge on any atom is 0.405 e. The Labute approximate surface area is 208 Å². The minimum atomic E-state index is -3.68. The quantitative estimate of drug-likeness (QED) is 0.361. The van der Waals surface area contributed by atoms with Crippen molar-refractivity contribution in [3.63, 3.8) is 0 Å². The van der Waals surface area contributed by atoms with Crippen molar-refractivity contribution in [2.24, 2.45) is 0 Å². The van der Waals surface area contributed by atoms with Crippen molar-refractivity contribution in [2.75, 3.05) is 25.3 Å². The van der Waals surface area contributed by atoms with Gasteiger partial charge in [-0.2, -0.15) is 4.98 Å². The predicted molar refractivity (Wildman–Crippen MR) is 137 cm³/mol. The Kier molecular flexibility index (Phi) is 5.71. The number of rotatable bonds is 6. The molecule has 0 bridgehead atoms. The van der Waals surface area contributed by atoms with Crippen LogP contribution in [0.4, 0.5) is 10.6 Å². The van der Waals surface area contributed by atoms with E-state index in [0.29, 0.717) is 17.0 Å². The molecule has 0 spiro atoms. The van der Waals surface area contributed by atoms with Crippen LogP contribution >= 0.6 is 0 Å². The summed E-state index contributed by atoms with van der Waals surface area (Å²) in [6.07, 6.45) is 2.47. The van der Waals surface area contributed by atoms with Gasteiger partial charge < -0.3 is 19.7 Å². The normalized spacial score (nSPS) is 14.9. The molecule has 1 aliphatic rings. The highest BCUT2D eigenvalue weighted by Crippen LogP contribution is 2.45. The zero-order valence-electron chi connectivity index (χ0n) is 20.1. The van der Waals surface area contributed by atoms with E-state index in [4.69, 9.17) is 4.42 Å². The number of sulfone groups is 1. The van der Waals surface area contributed by atoms with E-state index in [9.17, 15) is 18.3 Å². The number of nitrogens with zero attached hydrogens (tertiary/aromatic N) is 3. The molecule has 2 heterocycles. The van der Waals surface area contributed by atoms with Crippen molar-refractivity contribution in [2.45, 2.75) is 30.0 Å². The monoisotopic (exact) mass is 506 g/mol. The third-order valence-electron chi connectivity index (χ3n) is 6.58. The van der Waals surface area contributed by atoms with Gasteiger partial charge in [-0.3, -0.25) is 0 Å². The average molecular weight is 507 g/mol. The lowest BCUT2D eigenvalue weighted by Gasteiger charge is -2.42. The number of hydrogen-bond donors (Lipinski definition) is 2. The summed E-state index contributed by atoms with van der Waals surface area (Å²) in [7, 11) is -0.0969. The number of amides is 1. The Morgan fingerprint density at radius 3 is 2.22 bits per heavy atom. The zero-order valence-corrected chi connectivity index (χ0v) is 21.0. The molecule has 5 rings (SSSR count). The fraction of sp³-hybridized carbons (Fsp3) is 0.269. The number of carbonyl (C=O) groups is 1. The van der Waals surface area contributed by atoms with E-state index < -0.39 is 21.5 Å². The molecular formula is C26H26N4O5S. The molecule has 0 atom stereocenters. The van der Waals surface area contributed by atoms with E-state index in [0.717, 1.165) is 47.8 Å². The highest BCUT2D eigenvalue weighted by Gasteiger charge is 2.40. The van der Waals surface area contributed by atoms with Crippen molar-refractivity contribution in [1.82, 2.24) is 15.3 Å². The molecule has 10 heteroatoms. The third-order valence-corrected chi connectivity index (χ3v) is 7.43. The summed E-state index contributed by atoms with van der Waals surface area (Å²) in [5, 5.41) is 12.3. The van der Waals surface area contributed by atoms with Crippen LogP contribution in [0.3, 0.4) is 0 Å². The molecule has 36 heavy (non-hydrogen) atoms. The average Bonchev–Trinajstić information content (AvgIpc) is 3.20. The number of anilines is 1. The number of furan rings is 1. The third kappa shape index (κ3) is 4.07. The van der Waals surface area contributed by atoms with Gasteiger partial charge in [0.25, 0.3) is 5.16 Å². The summed E-state index contributed by atoms with van der Waals surface area (Å²) in [6, 6.07) is 17.3. The number of nitrogens with one attached hydrogen (secondary N) is 1. The summed E-state index contributed by atoms with van der Waals surface area (Å²) >= 11 is 0. The van der Waals surface area contributed by atoms with E-state index in [1.165, 1.54) is 0 Å². The molecule has 4 aromatic rings. The lowest BCUT2D eigenvalue weighted by Crippen LogP contribution is -2.50. The molecule has 0 unspecified atom stereocenters. The van der Waals surface area contributed by atoms with Gasteiger partial charge in [0, 0.05) is 31.5 Å². The molecule has 1 amide bonds. The summed E-state index contributed by atoms with van der Waals surface area (Å²) in [5.74, 6) is 0.963. The molecule has 1 aliphatic carbocycles. The van der Waals surface area contributed by atoms with E-state index in [1.807, 2.05) is 54.6 Å². The van der Waals surface area contributed by atoms with Crippen LogP contribution < -0.4 is 10.2 Å². The first-order chi connectivity index (χ1) is 17.1. The summed E-state index contributed by atoms with van der Waals surface area (Å²) in [5.41, 5.74) is 2.88. The standard InChI is InChI=1S/C26H26N4O5S/c1-30(2)22-20-19(16-8-5-4-6-9-16)21(35-23(20)28-24(27-22)36(3,33)34)17-10-12-18(13-11-17)26(14-7-15-26)29-25(31)32/h4-6,8-13,29H,7,14-15H2,1-3H3,(H,31,32). The number of benzene rings is 2. The number of fused-ring (bicyclic) bond motifs is 1. The first-order valence-corrected chi connectivity index (χ1v) is 13.4. The molecule has 2 aromatic heterocycles. The topological polar surface area (TPSA) is 126 Å². The molecule has 9 nitrogen and oxygen atoms in total. The molecule has 0 saturated heterocycles. The minimum Gasteiger partial charge on any atom is -0.465 e. The van der Waals surface area contributed by atoms with Gasteiger partial charge in [-0.1, -0.05) is 54.6 Å². The second-order valence-electron chi connectivity index (χ2n) is 9.29. The highest BCUT2D eigenvalue weighted by atomic mass is 32.2. The van der Waals surface area contributed by atoms with Crippen LogP contribution in [0, 0.1) is 0 Å². The van der Waals surface area contributed by atoms with Crippen molar-refractivity contribution in [1.29, 1.82) is 0 Å². The van der Waals surface area contributed by atoms with Crippen LogP contribution in [0.15, 0.2) is 64.2 Å². The second kappa shape index (κ2) is 8.63. The van der Waals surface area contributed by atoms with Crippen LogP contribution in [0.25, 0.3) is 33.6 Å². The smallest absolute Gasteiger partial charge is 0.405 e. The van der Waals surface area contributed by atoms with Crippen LogP contribution in [-0.4, -0.2) is 49.9 Å². The summed E-state index contributed by atoms with van der Waals surface area (Å²) < 4.78 is 30.8. The zero-order chi connectivity index (χ0) is 25.7. The Hall–Kier alpha value is -3.92. The predicted octanol–water partition coefficient (Wildman–Crippen LogP) is 4.67. The van der Waals surface area contributed by atoms with Crippen LogP contribution in [0.5, 0.6) is 0 Å². The van der Waals surface area contributed by atoms with Crippen molar-refractivity contribution < 1.29 is 22.7 Å². The lowest BCUT2D eigenvalue weighted by atomic mass is 9.72. The lowest BCUT2D eigenvalue weighted by molar-refractivity contribution is 0.144. The van der Waals surface area contributed by atoms with Crippen LogP contribution in [0.2, 0.25) is 0 Å². The van der Waals surface area contributed by atoms with Gasteiger partial charge in [-0.25, -0.2) is 18.2 Å². The Balaban J connectivity index is 1.73. The van der Waals surface area contributed by atoms with Crippen molar-refractivity contribution >= 4 is 32.8 Å². The van der Waals surface area contributed by atoms with E-state index in [-0.39, 0.29) is 10.9 Å². The second-order valence-corrected chi connectivity index (χ2v) is 11.2.